The van der Waals surface area contributed by atoms with Crippen molar-refractivity contribution in [1.29, 1.82) is 0 Å². The average molecular weight is 299 g/mol. The number of thiophene rings is 1. The molecule has 1 atom stereocenters. The number of benzene rings is 1. The van der Waals surface area contributed by atoms with Crippen molar-refractivity contribution < 1.29 is 19.7 Å². The van der Waals surface area contributed by atoms with Gasteiger partial charge >= 0.3 is 5.97 Å². The topological polar surface area (TPSA) is 66.8 Å². The molecule has 100 valence electrons. The Balaban J connectivity index is 2.38. The van der Waals surface area contributed by atoms with E-state index >= 15 is 0 Å². The second-order valence-corrected chi connectivity index (χ2v) is 5.16. The van der Waals surface area contributed by atoms with Crippen LogP contribution in [0, 0.1) is 0 Å². The number of halogens is 1. The van der Waals surface area contributed by atoms with E-state index in [2.05, 4.69) is 0 Å². The van der Waals surface area contributed by atoms with E-state index in [4.69, 9.17) is 21.4 Å². The normalized spacial score (nSPS) is 12.2. The third-order valence-electron chi connectivity index (χ3n) is 2.67. The lowest BCUT2D eigenvalue weighted by Crippen LogP contribution is -2.05. The van der Waals surface area contributed by atoms with Gasteiger partial charge in [0.2, 0.25) is 0 Å². The molecule has 1 heterocycles. The van der Waals surface area contributed by atoms with Crippen molar-refractivity contribution in [1.82, 2.24) is 0 Å². The number of carboxylic acids is 1. The molecule has 0 fully saturated rings. The molecule has 0 radical (unpaired) electrons. The SMILES string of the molecule is COc1ccc(C(O)c2sccc2C(=O)O)cc1Cl. The molecular formula is C13H11ClO4S. The first-order chi connectivity index (χ1) is 9.04. The Kier molecular flexibility index (Phi) is 4.09. The van der Waals surface area contributed by atoms with Crippen LogP contribution < -0.4 is 4.74 Å². The lowest BCUT2D eigenvalue weighted by atomic mass is 10.1. The fourth-order valence-electron chi connectivity index (χ4n) is 1.71. The molecule has 0 aliphatic rings. The van der Waals surface area contributed by atoms with E-state index in [1.165, 1.54) is 24.5 Å². The fourth-order valence-corrected chi connectivity index (χ4v) is 2.88. The number of methoxy groups -OCH3 is 1. The maximum absolute atomic E-state index is 11.0. The molecule has 0 spiro atoms. The van der Waals surface area contributed by atoms with Crippen LogP contribution in [0.25, 0.3) is 0 Å². The Bertz CT molecular complexity index is 608. The first-order valence-corrected chi connectivity index (χ1v) is 6.62. The van der Waals surface area contributed by atoms with Crippen LogP contribution in [-0.4, -0.2) is 23.3 Å². The Morgan fingerprint density at radius 1 is 1.42 bits per heavy atom. The quantitative estimate of drug-likeness (QED) is 0.909. The van der Waals surface area contributed by atoms with Gasteiger partial charge < -0.3 is 14.9 Å². The van der Waals surface area contributed by atoms with E-state index in [0.29, 0.717) is 21.2 Å². The van der Waals surface area contributed by atoms with Gasteiger partial charge in [-0.05, 0) is 29.1 Å². The molecule has 6 heteroatoms. The molecule has 2 N–H and O–H groups in total. The van der Waals surface area contributed by atoms with Crippen LogP contribution in [0.1, 0.15) is 26.9 Å². The number of aliphatic hydroxyl groups excluding tert-OH is 1. The number of hydrogen-bond donors (Lipinski definition) is 2. The van der Waals surface area contributed by atoms with E-state index < -0.39 is 12.1 Å². The lowest BCUT2D eigenvalue weighted by Gasteiger charge is -2.12. The first kappa shape index (κ1) is 13.9. The van der Waals surface area contributed by atoms with E-state index in [-0.39, 0.29) is 5.56 Å². The third-order valence-corrected chi connectivity index (χ3v) is 3.93. The number of rotatable bonds is 4. The molecule has 1 aromatic carbocycles. The molecular weight excluding hydrogens is 288 g/mol. The summed E-state index contributed by atoms with van der Waals surface area (Å²) >= 11 is 7.18. The summed E-state index contributed by atoms with van der Waals surface area (Å²) < 4.78 is 5.03. The highest BCUT2D eigenvalue weighted by molar-refractivity contribution is 7.10. The molecule has 0 aliphatic heterocycles. The molecule has 0 saturated heterocycles. The zero-order valence-electron chi connectivity index (χ0n) is 9.96. The maximum atomic E-state index is 11.0. The van der Waals surface area contributed by atoms with Gasteiger partial charge in [-0.15, -0.1) is 11.3 Å². The highest BCUT2D eigenvalue weighted by atomic mass is 35.5. The summed E-state index contributed by atoms with van der Waals surface area (Å²) in [6.07, 6.45) is -1.02. The van der Waals surface area contributed by atoms with Crippen LogP contribution in [0.3, 0.4) is 0 Å². The summed E-state index contributed by atoms with van der Waals surface area (Å²) in [6, 6.07) is 6.32. The van der Waals surface area contributed by atoms with E-state index in [0.717, 1.165) is 0 Å². The standard InChI is InChI=1S/C13H11ClO4S/c1-18-10-3-2-7(6-9(10)14)11(15)12-8(13(16)17)4-5-19-12/h2-6,11,15H,1H3,(H,16,17). The Morgan fingerprint density at radius 3 is 2.74 bits per heavy atom. The molecule has 0 amide bonds. The van der Waals surface area contributed by atoms with Crippen molar-refractivity contribution in [2.45, 2.75) is 6.10 Å². The smallest absolute Gasteiger partial charge is 0.336 e. The largest absolute Gasteiger partial charge is 0.495 e. The van der Waals surface area contributed by atoms with Crippen LogP contribution in [0.2, 0.25) is 5.02 Å². The molecule has 1 unspecified atom stereocenters. The number of carbonyl (C=O) groups is 1. The second kappa shape index (κ2) is 5.61. The van der Waals surface area contributed by atoms with Crippen molar-refractivity contribution in [3.05, 3.63) is 50.7 Å². The van der Waals surface area contributed by atoms with E-state index in [9.17, 15) is 9.90 Å². The molecule has 0 saturated carbocycles. The molecule has 2 aromatic rings. The first-order valence-electron chi connectivity index (χ1n) is 5.36. The minimum Gasteiger partial charge on any atom is -0.495 e. The van der Waals surface area contributed by atoms with Crippen molar-refractivity contribution in [3.63, 3.8) is 0 Å². The zero-order valence-corrected chi connectivity index (χ0v) is 11.5. The Labute approximate surface area is 118 Å². The van der Waals surface area contributed by atoms with Gasteiger partial charge in [0.1, 0.15) is 11.9 Å². The van der Waals surface area contributed by atoms with Crippen LogP contribution in [0.5, 0.6) is 5.75 Å². The number of ether oxygens (including phenoxy) is 1. The summed E-state index contributed by atoms with van der Waals surface area (Å²) in [5, 5.41) is 21.3. The Hall–Kier alpha value is -1.56. The maximum Gasteiger partial charge on any atom is 0.336 e. The second-order valence-electron chi connectivity index (χ2n) is 3.80. The lowest BCUT2D eigenvalue weighted by molar-refractivity contribution is 0.0692. The van der Waals surface area contributed by atoms with Crippen molar-refractivity contribution >= 4 is 28.9 Å². The molecule has 2 rings (SSSR count). The van der Waals surface area contributed by atoms with Gasteiger partial charge in [0.15, 0.2) is 0 Å². The van der Waals surface area contributed by atoms with Gasteiger partial charge in [-0.2, -0.15) is 0 Å². The summed E-state index contributed by atoms with van der Waals surface area (Å²) in [6.45, 7) is 0. The van der Waals surface area contributed by atoms with Crippen molar-refractivity contribution in [2.75, 3.05) is 7.11 Å². The van der Waals surface area contributed by atoms with Crippen molar-refractivity contribution in [3.8, 4) is 5.75 Å². The summed E-state index contributed by atoms with van der Waals surface area (Å²) in [4.78, 5) is 11.4. The van der Waals surface area contributed by atoms with Gasteiger partial charge in [0.05, 0.1) is 22.6 Å². The highest BCUT2D eigenvalue weighted by Crippen LogP contribution is 2.33. The van der Waals surface area contributed by atoms with Gasteiger partial charge in [0, 0.05) is 0 Å². The molecule has 0 aliphatic carbocycles. The summed E-state index contributed by atoms with van der Waals surface area (Å²) in [5.74, 6) is -0.558. The predicted molar refractivity (Wildman–Crippen MR) is 73.3 cm³/mol. The minimum atomic E-state index is -1.06. The Morgan fingerprint density at radius 2 is 2.16 bits per heavy atom. The van der Waals surface area contributed by atoms with Crippen LogP contribution in [-0.2, 0) is 0 Å². The number of hydrogen-bond acceptors (Lipinski definition) is 4. The number of aliphatic hydroxyl groups is 1. The van der Waals surface area contributed by atoms with Gasteiger partial charge in [0.25, 0.3) is 0 Å². The third kappa shape index (κ3) is 2.73. The van der Waals surface area contributed by atoms with E-state index in [1.54, 1.807) is 23.6 Å². The van der Waals surface area contributed by atoms with Crippen LogP contribution in [0.4, 0.5) is 0 Å². The monoisotopic (exact) mass is 298 g/mol. The van der Waals surface area contributed by atoms with Gasteiger partial charge in [-0.25, -0.2) is 4.79 Å². The van der Waals surface area contributed by atoms with Gasteiger partial charge in [-0.1, -0.05) is 17.7 Å². The number of aromatic carboxylic acids is 1. The summed E-state index contributed by atoms with van der Waals surface area (Å²) in [7, 11) is 1.50. The van der Waals surface area contributed by atoms with Crippen LogP contribution in [0.15, 0.2) is 29.6 Å². The zero-order chi connectivity index (χ0) is 14.0. The molecule has 4 nitrogen and oxygen atoms in total. The summed E-state index contributed by atoms with van der Waals surface area (Å²) in [5.41, 5.74) is 0.625. The van der Waals surface area contributed by atoms with Crippen molar-refractivity contribution in [2.24, 2.45) is 0 Å². The molecule has 1 aromatic heterocycles. The average Bonchev–Trinajstić information content (AvgIpc) is 2.87. The van der Waals surface area contributed by atoms with Gasteiger partial charge in [-0.3, -0.25) is 0 Å². The fraction of sp³-hybridized carbons (Fsp3) is 0.154. The van der Waals surface area contributed by atoms with Crippen LogP contribution >= 0.6 is 22.9 Å². The predicted octanol–water partition coefficient (Wildman–Crippen LogP) is 3.19. The molecule has 0 bridgehead atoms. The van der Waals surface area contributed by atoms with E-state index in [1.807, 2.05) is 0 Å². The molecule has 19 heavy (non-hydrogen) atoms. The number of carboxylic acid groups (broad SMARTS) is 1. The highest BCUT2D eigenvalue weighted by Gasteiger charge is 2.20. The minimum absolute atomic E-state index is 0.101.